The molecule has 10 heteroatoms. The quantitative estimate of drug-likeness (QED) is 0.672. The average molecular weight is 430 g/mol. The van der Waals surface area contributed by atoms with Crippen LogP contribution < -0.4 is 5.32 Å². The number of carbonyl (C=O) groups excluding carboxylic acids is 1. The van der Waals surface area contributed by atoms with Crippen molar-refractivity contribution in [2.75, 3.05) is 18.4 Å². The van der Waals surface area contributed by atoms with E-state index in [0.717, 1.165) is 5.56 Å². The molecule has 1 aliphatic rings. The Balaban J connectivity index is 1.54. The van der Waals surface area contributed by atoms with E-state index in [1.807, 2.05) is 30.3 Å². The smallest absolute Gasteiger partial charge is 0.325 e. The van der Waals surface area contributed by atoms with E-state index in [2.05, 4.69) is 20.8 Å². The van der Waals surface area contributed by atoms with E-state index in [9.17, 15) is 18.0 Å². The zero-order valence-corrected chi connectivity index (χ0v) is 16.8. The van der Waals surface area contributed by atoms with Gasteiger partial charge in [0.25, 0.3) is 0 Å². The third-order valence-electron chi connectivity index (χ3n) is 5.55. The summed E-state index contributed by atoms with van der Waals surface area (Å²) >= 11 is 0. The van der Waals surface area contributed by atoms with Gasteiger partial charge in [0.15, 0.2) is 11.2 Å². The van der Waals surface area contributed by atoms with Gasteiger partial charge in [-0.3, -0.25) is 9.69 Å². The number of hydrogen-bond donors (Lipinski definition) is 1. The Bertz CT molecular complexity index is 1070. The Morgan fingerprint density at radius 3 is 2.61 bits per heavy atom. The molecule has 4 rings (SSSR count). The fraction of sp³-hybridized carbons (Fsp3) is 0.333. The molecule has 1 amide bonds. The molecule has 31 heavy (non-hydrogen) atoms. The van der Waals surface area contributed by atoms with Gasteiger partial charge in [0.2, 0.25) is 5.91 Å². The number of halogens is 3. The number of carbonyl (C=O) groups is 1. The largest absolute Gasteiger partial charge is 0.404 e. The highest BCUT2D eigenvalue weighted by Crippen LogP contribution is 2.46. The molecule has 162 valence electrons. The first-order valence-corrected chi connectivity index (χ1v) is 9.78. The van der Waals surface area contributed by atoms with E-state index in [0.29, 0.717) is 18.1 Å². The summed E-state index contributed by atoms with van der Waals surface area (Å²) in [4.78, 5) is 14.6. The lowest BCUT2D eigenvalue weighted by atomic mass is 9.85. The van der Waals surface area contributed by atoms with Gasteiger partial charge in [0, 0.05) is 18.8 Å². The van der Waals surface area contributed by atoms with Crippen LogP contribution in [0.5, 0.6) is 0 Å². The molecule has 0 bridgehead atoms. The molecule has 0 spiro atoms. The van der Waals surface area contributed by atoms with Crippen LogP contribution in [0.2, 0.25) is 0 Å². The molecule has 3 aromatic rings. The second-order valence-corrected chi connectivity index (χ2v) is 7.67. The monoisotopic (exact) mass is 430 g/mol. The van der Waals surface area contributed by atoms with Gasteiger partial charge < -0.3 is 5.32 Å². The molecule has 1 unspecified atom stereocenters. The number of aromatic nitrogens is 4. The molecule has 1 saturated heterocycles. The van der Waals surface area contributed by atoms with Crippen LogP contribution in [0.25, 0.3) is 5.69 Å². The van der Waals surface area contributed by atoms with Crippen LogP contribution in [0, 0.1) is 12.3 Å². The van der Waals surface area contributed by atoms with Crippen LogP contribution in [0.4, 0.5) is 18.9 Å². The highest BCUT2D eigenvalue weighted by Gasteiger charge is 2.62. The molecule has 1 N–H and O–H groups in total. The molecule has 1 aromatic heterocycles. The van der Waals surface area contributed by atoms with Gasteiger partial charge in [-0.1, -0.05) is 36.4 Å². The van der Waals surface area contributed by atoms with Crippen molar-refractivity contribution in [3.8, 4) is 5.69 Å². The van der Waals surface area contributed by atoms with Crippen molar-refractivity contribution in [1.82, 2.24) is 25.1 Å². The van der Waals surface area contributed by atoms with E-state index in [4.69, 9.17) is 0 Å². The van der Waals surface area contributed by atoms with E-state index in [-0.39, 0.29) is 25.2 Å². The number of amides is 1. The Hall–Kier alpha value is -3.27. The van der Waals surface area contributed by atoms with Crippen LogP contribution in [0.3, 0.4) is 0 Å². The Morgan fingerprint density at radius 2 is 1.94 bits per heavy atom. The van der Waals surface area contributed by atoms with Gasteiger partial charge in [0.05, 0.1) is 5.69 Å². The van der Waals surface area contributed by atoms with E-state index < -0.39 is 17.5 Å². The van der Waals surface area contributed by atoms with Crippen molar-refractivity contribution in [3.05, 3.63) is 66.0 Å². The molecule has 1 aliphatic heterocycles. The zero-order chi connectivity index (χ0) is 22.1. The maximum absolute atomic E-state index is 14.1. The van der Waals surface area contributed by atoms with Gasteiger partial charge in [-0.2, -0.15) is 17.9 Å². The van der Waals surface area contributed by atoms with Crippen LogP contribution in [-0.2, 0) is 11.3 Å². The number of tetrazole rings is 1. The van der Waals surface area contributed by atoms with Crippen molar-refractivity contribution in [2.45, 2.75) is 26.1 Å². The Morgan fingerprint density at radius 1 is 1.16 bits per heavy atom. The van der Waals surface area contributed by atoms with Crippen molar-refractivity contribution >= 4 is 11.6 Å². The fourth-order valence-corrected chi connectivity index (χ4v) is 3.85. The minimum atomic E-state index is -4.67. The predicted molar refractivity (Wildman–Crippen MR) is 107 cm³/mol. The second kappa shape index (κ2) is 8.10. The lowest BCUT2D eigenvalue weighted by Gasteiger charge is -2.30. The van der Waals surface area contributed by atoms with Crippen molar-refractivity contribution < 1.29 is 18.0 Å². The van der Waals surface area contributed by atoms with E-state index >= 15 is 0 Å². The first-order chi connectivity index (χ1) is 14.8. The number of nitrogens with one attached hydrogen (secondary N) is 1. The Kier molecular flexibility index (Phi) is 5.48. The third kappa shape index (κ3) is 4.15. The number of aryl methyl sites for hydroxylation is 1. The standard InChI is InChI=1S/C21H21F3N6O/c1-15-26-27-28-30(15)18-9-5-8-17(12-18)25-19(31)20(21(22,23)24)10-11-29(14-20)13-16-6-3-2-4-7-16/h2-9,12H,10-11,13-14H2,1H3,(H,25,31). The summed E-state index contributed by atoms with van der Waals surface area (Å²) in [5.41, 5.74) is -0.769. The predicted octanol–water partition coefficient (Wildman–Crippen LogP) is 3.36. The average Bonchev–Trinajstić information content (AvgIpc) is 3.36. The van der Waals surface area contributed by atoms with Gasteiger partial charge in [0.1, 0.15) is 0 Å². The molecule has 7 nitrogen and oxygen atoms in total. The minimum Gasteiger partial charge on any atom is -0.325 e. The van der Waals surface area contributed by atoms with Gasteiger partial charge >= 0.3 is 6.18 Å². The Labute approximate surface area is 176 Å². The number of nitrogens with zero attached hydrogens (tertiary/aromatic N) is 5. The van der Waals surface area contributed by atoms with Crippen LogP contribution >= 0.6 is 0 Å². The molecular weight excluding hydrogens is 409 g/mol. The van der Waals surface area contributed by atoms with E-state index in [1.54, 1.807) is 36.1 Å². The van der Waals surface area contributed by atoms with Crippen LogP contribution in [-0.4, -0.2) is 50.3 Å². The lowest BCUT2D eigenvalue weighted by molar-refractivity contribution is -0.215. The molecule has 1 atom stereocenters. The highest BCUT2D eigenvalue weighted by atomic mass is 19.4. The van der Waals surface area contributed by atoms with E-state index in [1.165, 1.54) is 4.68 Å². The molecule has 0 saturated carbocycles. The first-order valence-electron chi connectivity index (χ1n) is 9.78. The maximum Gasteiger partial charge on any atom is 0.404 e. The number of likely N-dealkylation sites (tertiary alicyclic amines) is 1. The number of benzene rings is 2. The first kappa shape index (κ1) is 21.0. The van der Waals surface area contributed by atoms with Crippen molar-refractivity contribution in [2.24, 2.45) is 5.41 Å². The summed E-state index contributed by atoms with van der Waals surface area (Å²) in [6.45, 7) is 1.86. The third-order valence-corrected chi connectivity index (χ3v) is 5.55. The summed E-state index contributed by atoms with van der Waals surface area (Å²) in [6.07, 6.45) is -4.96. The van der Waals surface area contributed by atoms with Gasteiger partial charge in [-0.15, -0.1) is 5.10 Å². The number of anilines is 1. The summed E-state index contributed by atoms with van der Waals surface area (Å²) in [5.74, 6) is -0.538. The number of rotatable bonds is 5. The zero-order valence-electron chi connectivity index (χ0n) is 16.8. The molecular formula is C21H21F3N6O. The molecule has 1 fully saturated rings. The highest BCUT2D eigenvalue weighted by molar-refractivity contribution is 5.96. The van der Waals surface area contributed by atoms with Crippen molar-refractivity contribution in [3.63, 3.8) is 0 Å². The maximum atomic E-state index is 14.1. The molecule has 2 heterocycles. The van der Waals surface area contributed by atoms with Crippen LogP contribution in [0.1, 0.15) is 17.8 Å². The number of alkyl halides is 3. The topological polar surface area (TPSA) is 75.9 Å². The SMILES string of the molecule is Cc1nnnn1-c1cccc(NC(=O)C2(C(F)(F)F)CCN(Cc3ccccc3)C2)c1. The normalized spacial score (nSPS) is 19.5. The summed E-state index contributed by atoms with van der Waals surface area (Å²) < 4.78 is 43.8. The summed E-state index contributed by atoms with van der Waals surface area (Å²) in [6, 6.07) is 15.7. The second-order valence-electron chi connectivity index (χ2n) is 7.67. The molecule has 0 aliphatic carbocycles. The van der Waals surface area contributed by atoms with Crippen LogP contribution in [0.15, 0.2) is 54.6 Å². The van der Waals surface area contributed by atoms with Gasteiger partial charge in [-0.05, 0) is 54.1 Å². The molecule has 2 aromatic carbocycles. The van der Waals surface area contributed by atoms with Gasteiger partial charge in [-0.25, -0.2) is 0 Å². The number of hydrogen-bond acceptors (Lipinski definition) is 5. The lowest BCUT2D eigenvalue weighted by Crippen LogP contribution is -2.49. The summed E-state index contributed by atoms with van der Waals surface area (Å²) in [5, 5.41) is 13.7. The fourth-order valence-electron chi connectivity index (χ4n) is 3.85. The summed E-state index contributed by atoms with van der Waals surface area (Å²) in [7, 11) is 0. The molecule has 0 radical (unpaired) electrons. The minimum absolute atomic E-state index is 0.186. The van der Waals surface area contributed by atoms with Crippen molar-refractivity contribution in [1.29, 1.82) is 0 Å².